The number of rotatable bonds is 5. The van der Waals surface area contributed by atoms with Crippen LogP contribution in [0.1, 0.15) is 46.5 Å². The Labute approximate surface area is 76.6 Å². The van der Waals surface area contributed by atoms with Gasteiger partial charge < -0.3 is 0 Å². The van der Waals surface area contributed by atoms with Gasteiger partial charge in [-0.1, -0.05) is 26.3 Å². The number of allylic oxidation sites excluding steroid dienone is 2. The molecule has 70 valence electrons. The third-order valence-corrected chi connectivity index (χ3v) is 2.12. The van der Waals surface area contributed by atoms with Gasteiger partial charge in [0, 0.05) is 12.8 Å². The van der Waals surface area contributed by atoms with Crippen LogP contribution in [0, 0.1) is 0 Å². The zero-order valence-corrected chi connectivity index (χ0v) is 8.85. The van der Waals surface area contributed by atoms with Crippen LogP contribution in [0.3, 0.4) is 0 Å². The molecular weight excluding hydrogens is 146 g/mol. The van der Waals surface area contributed by atoms with Crippen molar-refractivity contribution in [3.63, 3.8) is 0 Å². The molecule has 0 aliphatic rings. The van der Waals surface area contributed by atoms with Gasteiger partial charge in [0.1, 0.15) is 0 Å². The van der Waals surface area contributed by atoms with E-state index in [4.69, 9.17) is 0 Å². The minimum atomic E-state index is 1.06. The second-order valence-corrected chi connectivity index (χ2v) is 2.94. The molecule has 0 heterocycles. The van der Waals surface area contributed by atoms with Gasteiger partial charge in [0.25, 0.3) is 0 Å². The minimum absolute atomic E-state index is 1.06. The van der Waals surface area contributed by atoms with Crippen molar-refractivity contribution in [1.29, 1.82) is 0 Å². The lowest BCUT2D eigenvalue weighted by Crippen LogP contribution is -2.01. The second kappa shape index (κ2) is 7.08. The van der Waals surface area contributed by atoms with E-state index in [2.05, 4.69) is 31.8 Å². The third kappa shape index (κ3) is 3.70. The molecule has 0 aromatic heterocycles. The lowest BCUT2D eigenvalue weighted by Gasteiger charge is -2.07. The Morgan fingerprint density at radius 2 is 2.00 bits per heavy atom. The molecule has 0 aromatic carbocycles. The van der Waals surface area contributed by atoms with E-state index in [1.165, 1.54) is 30.5 Å². The van der Waals surface area contributed by atoms with E-state index in [-0.39, 0.29) is 0 Å². The molecule has 0 N–H and O–H groups in total. The Bertz CT molecular complexity index is 166. The van der Waals surface area contributed by atoms with Crippen LogP contribution in [0.4, 0.5) is 0 Å². The molecule has 0 aromatic rings. The fraction of sp³-hybridized carbons (Fsp3) is 0.727. The van der Waals surface area contributed by atoms with Crippen molar-refractivity contribution in [2.45, 2.75) is 46.5 Å². The van der Waals surface area contributed by atoms with Gasteiger partial charge in [0.15, 0.2) is 0 Å². The average molecular weight is 167 g/mol. The summed E-state index contributed by atoms with van der Waals surface area (Å²) in [6.45, 7) is 6.49. The van der Waals surface area contributed by atoms with E-state index in [9.17, 15) is 0 Å². The zero-order chi connectivity index (χ0) is 9.40. The van der Waals surface area contributed by atoms with E-state index in [0.29, 0.717) is 0 Å². The van der Waals surface area contributed by atoms with Gasteiger partial charge in [-0.15, -0.1) is 0 Å². The Hall–Kier alpha value is -0.590. The molecule has 0 amide bonds. The van der Waals surface area contributed by atoms with Gasteiger partial charge in [-0.05, 0) is 31.8 Å². The quantitative estimate of drug-likeness (QED) is 0.555. The highest BCUT2D eigenvalue weighted by Gasteiger charge is 2.01. The van der Waals surface area contributed by atoms with E-state index in [1.54, 1.807) is 0 Å². The number of hydrogen-bond donors (Lipinski definition) is 0. The smallest absolute Gasteiger partial charge is 0.0370 e. The summed E-state index contributed by atoms with van der Waals surface area (Å²) in [6.07, 6.45) is 6.98. The van der Waals surface area contributed by atoms with Gasteiger partial charge in [-0.3, -0.25) is 4.99 Å². The van der Waals surface area contributed by atoms with Crippen LogP contribution in [0.25, 0.3) is 0 Å². The van der Waals surface area contributed by atoms with Crippen molar-refractivity contribution in [3.05, 3.63) is 11.6 Å². The summed E-state index contributed by atoms with van der Waals surface area (Å²) < 4.78 is 0. The first-order valence-corrected chi connectivity index (χ1v) is 4.91. The van der Waals surface area contributed by atoms with Crippen LogP contribution in [-0.2, 0) is 0 Å². The van der Waals surface area contributed by atoms with Crippen molar-refractivity contribution in [2.24, 2.45) is 4.99 Å². The van der Waals surface area contributed by atoms with Crippen molar-refractivity contribution in [1.82, 2.24) is 0 Å². The standard InChI is InChI=1S/C11H21N/c1-5-8-9-10(6-2)11(7-3)12-4/h6H,5,7-9H2,1-4H3/b10-6-,12-11-. The van der Waals surface area contributed by atoms with Gasteiger partial charge in [-0.25, -0.2) is 0 Å². The molecule has 12 heavy (non-hydrogen) atoms. The molecular formula is C11H21N. The van der Waals surface area contributed by atoms with Crippen LogP contribution in [-0.4, -0.2) is 12.8 Å². The Balaban J connectivity index is 4.15. The SMILES string of the molecule is C/C=C(CCCC)\C(CC)=N/C. The number of hydrogen-bond acceptors (Lipinski definition) is 1. The lowest BCUT2D eigenvalue weighted by atomic mass is 10.0. The van der Waals surface area contributed by atoms with Gasteiger partial charge in [0.05, 0.1) is 0 Å². The molecule has 0 aliphatic carbocycles. The van der Waals surface area contributed by atoms with Crippen molar-refractivity contribution < 1.29 is 0 Å². The second-order valence-electron chi connectivity index (χ2n) is 2.94. The van der Waals surface area contributed by atoms with Crippen LogP contribution in [0.2, 0.25) is 0 Å². The predicted molar refractivity (Wildman–Crippen MR) is 56.9 cm³/mol. The number of unbranched alkanes of at least 4 members (excludes halogenated alkanes) is 1. The summed E-state index contributed by atoms with van der Waals surface area (Å²) in [7, 11) is 1.88. The number of nitrogens with zero attached hydrogens (tertiary/aromatic N) is 1. The topological polar surface area (TPSA) is 12.4 Å². The highest BCUT2D eigenvalue weighted by Crippen LogP contribution is 2.11. The molecule has 0 spiro atoms. The third-order valence-electron chi connectivity index (χ3n) is 2.12. The molecule has 0 saturated carbocycles. The minimum Gasteiger partial charge on any atom is -0.293 e. The Kier molecular flexibility index (Phi) is 6.73. The van der Waals surface area contributed by atoms with E-state index >= 15 is 0 Å². The van der Waals surface area contributed by atoms with E-state index in [0.717, 1.165) is 6.42 Å². The predicted octanol–water partition coefficient (Wildman–Crippen LogP) is 3.60. The largest absolute Gasteiger partial charge is 0.293 e. The summed E-state index contributed by atoms with van der Waals surface area (Å²) in [4.78, 5) is 4.28. The first kappa shape index (κ1) is 11.4. The molecule has 0 radical (unpaired) electrons. The summed E-state index contributed by atoms with van der Waals surface area (Å²) in [5.74, 6) is 0. The lowest BCUT2D eigenvalue weighted by molar-refractivity contribution is 0.799. The van der Waals surface area contributed by atoms with Crippen LogP contribution in [0.5, 0.6) is 0 Å². The normalized spacial score (nSPS) is 13.7. The molecule has 0 aliphatic heterocycles. The van der Waals surface area contributed by atoms with E-state index < -0.39 is 0 Å². The van der Waals surface area contributed by atoms with Gasteiger partial charge in [0.2, 0.25) is 0 Å². The van der Waals surface area contributed by atoms with Crippen molar-refractivity contribution >= 4 is 5.71 Å². The van der Waals surface area contributed by atoms with Crippen molar-refractivity contribution in [3.8, 4) is 0 Å². The Morgan fingerprint density at radius 1 is 1.33 bits per heavy atom. The van der Waals surface area contributed by atoms with E-state index in [1.807, 2.05) is 7.05 Å². The molecule has 0 unspecified atom stereocenters. The molecule has 1 heteroatoms. The average Bonchev–Trinajstić information content (AvgIpc) is 2.12. The maximum atomic E-state index is 4.28. The van der Waals surface area contributed by atoms with Crippen LogP contribution < -0.4 is 0 Å². The summed E-state index contributed by atoms with van der Waals surface area (Å²) in [6, 6.07) is 0. The maximum Gasteiger partial charge on any atom is 0.0370 e. The molecule has 0 saturated heterocycles. The van der Waals surface area contributed by atoms with Crippen molar-refractivity contribution in [2.75, 3.05) is 7.05 Å². The Morgan fingerprint density at radius 3 is 2.33 bits per heavy atom. The maximum absolute atomic E-state index is 4.28. The van der Waals surface area contributed by atoms with Gasteiger partial charge in [-0.2, -0.15) is 0 Å². The molecule has 0 atom stereocenters. The molecule has 0 fully saturated rings. The zero-order valence-electron chi connectivity index (χ0n) is 8.85. The molecule has 0 rings (SSSR count). The first-order chi connectivity index (χ1) is 5.79. The number of aliphatic imine (C=N–C) groups is 1. The van der Waals surface area contributed by atoms with Gasteiger partial charge >= 0.3 is 0 Å². The van der Waals surface area contributed by atoms with Crippen LogP contribution in [0.15, 0.2) is 16.6 Å². The van der Waals surface area contributed by atoms with Crippen LogP contribution >= 0.6 is 0 Å². The summed E-state index contributed by atoms with van der Waals surface area (Å²) in [5, 5.41) is 0. The fourth-order valence-electron chi connectivity index (χ4n) is 1.35. The summed E-state index contributed by atoms with van der Waals surface area (Å²) >= 11 is 0. The fourth-order valence-corrected chi connectivity index (χ4v) is 1.35. The summed E-state index contributed by atoms with van der Waals surface area (Å²) in [5.41, 5.74) is 2.70. The highest BCUT2D eigenvalue weighted by atomic mass is 14.7. The highest BCUT2D eigenvalue weighted by molar-refractivity contribution is 5.99. The monoisotopic (exact) mass is 167 g/mol. The first-order valence-electron chi connectivity index (χ1n) is 4.91. The molecule has 0 bridgehead atoms. The molecule has 1 nitrogen and oxygen atoms in total.